The average Bonchev–Trinajstić information content (AvgIpc) is 2.93. The summed E-state index contributed by atoms with van der Waals surface area (Å²) in [7, 11) is 0. The molecule has 2 amide bonds. The van der Waals surface area contributed by atoms with Gasteiger partial charge in [-0.15, -0.1) is 0 Å². The molecule has 0 bridgehead atoms. The van der Waals surface area contributed by atoms with Crippen LogP contribution in [0.1, 0.15) is 25.8 Å². The zero-order chi connectivity index (χ0) is 16.7. The van der Waals surface area contributed by atoms with Crippen LogP contribution in [-0.4, -0.2) is 30.0 Å². The number of carbonyl (C=O) groups excluding carboxylic acids is 2. The molecular weight excluding hydrogens is 294 g/mol. The number of hydrazine groups is 1. The third kappa shape index (κ3) is 5.41. The maximum Gasteiger partial charge on any atom is 0.242 e. The van der Waals surface area contributed by atoms with E-state index in [1.165, 1.54) is 0 Å². The van der Waals surface area contributed by atoms with Crippen LogP contribution < -0.4 is 10.9 Å². The molecule has 0 saturated heterocycles. The van der Waals surface area contributed by atoms with E-state index in [9.17, 15) is 9.59 Å². The molecule has 124 valence electrons. The third-order valence-corrected chi connectivity index (χ3v) is 3.29. The number of H-pyrrole nitrogens is 1. The maximum atomic E-state index is 11.9. The van der Waals surface area contributed by atoms with Crippen molar-refractivity contribution in [3.05, 3.63) is 36.0 Å². The standard InChI is InChI=1S/C17H23N3O3/c1-12(2)11-23-8-7-16(21)19-20-17(22)9-13-10-18-15-6-4-3-5-14(13)15/h3-6,10,12,18H,7-9,11H2,1-2H3,(H,19,21)(H,20,22). The number of ether oxygens (including phenoxy) is 1. The molecule has 2 rings (SSSR count). The fraction of sp³-hybridized carbons (Fsp3) is 0.412. The maximum absolute atomic E-state index is 11.9. The van der Waals surface area contributed by atoms with Gasteiger partial charge in [0, 0.05) is 23.7 Å². The van der Waals surface area contributed by atoms with Gasteiger partial charge in [-0.3, -0.25) is 20.4 Å². The summed E-state index contributed by atoms with van der Waals surface area (Å²) in [4.78, 5) is 26.6. The zero-order valence-electron chi connectivity index (χ0n) is 13.5. The molecule has 1 heterocycles. The third-order valence-electron chi connectivity index (χ3n) is 3.29. The fourth-order valence-electron chi connectivity index (χ4n) is 2.18. The smallest absolute Gasteiger partial charge is 0.242 e. The minimum atomic E-state index is -0.263. The highest BCUT2D eigenvalue weighted by Crippen LogP contribution is 2.17. The summed E-state index contributed by atoms with van der Waals surface area (Å²) in [6, 6.07) is 7.77. The molecule has 0 atom stereocenters. The van der Waals surface area contributed by atoms with Crippen molar-refractivity contribution in [2.45, 2.75) is 26.7 Å². The molecule has 0 aliphatic heterocycles. The lowest BCUT2D eigenvalue weighted by Gasteiger charge is -2.08. The Morgan fingerprint density at radius 3 is 2.70 bits per heavy atom. The van der Waals surface area contributed by atoms with Gasteiger partial charge in [-0.05, 0) is 17.5 Å². The van der Waals surface area contributed by atoms with E-state index in [-0.39, 0.29) is 24.7 Å². The number of benzene rings is 1. The minimum absolute atomic E-state index is 0.203. The van der Waals surface area contributed by atoms with Gasteiger partial charge in [-0.2, -0.15) is 0 Å². The molecule has 0 spiro atoms. The Balaban J connectivity index is 1.72. The van der Waals surface area contributed by atoms with Gasteiger partial charge in [-0.1, -0.05) is 32.0 Å². The Kier molecular flexibility index (Phi) is 6.17. The second-order valence-corrected chi connectivity index (χ2v) is 5.85. The van der Waals surface area contributed by atoms with E-state index in [1.54, 1.807) is 0 Å². The van der Waals surface area contributed by atoms with Gasteiger partial charge in [0.2, 0.25) is 11.8 Å². The first-order chi connectivity index (χ1) is 11.1. The second-order valence-electron chi connectivity index (χ2n) is 5.85. The molecule has 6 nitrogen and oxygen atoms in total. The van der Waals surface area contributed by atoms with Crippen molar-refractivity contribution in [3.8, 4) is 0 Å². The predicted octanol–water partition coefficient (Wildman–Crippen LogP) is 1.92. The van der Waals surface area contributed by atoms with Crippen molar-refractivity contribution in [1.82, 2.24) is 15.8 Å². The fourth-order valence-corrected chi connectivity index (χ4v) is 2.18. The number of para-hydroxylation sites is 1. The molecule has 6 heteroatoms. The normalized spacial score (nSPS) is 10.9. The van der Waals surface area contributed by atoms with Crippen LogP contribution in [0.2, 0.25) is 0 Å². The van der Waals surface area contributed by atoms with E-state index in [2.05, 4.69) is 15.8 Å². The lowest BCUT2D eigenvalue weighted by atomic mass is 10.1. The van der Waals surface area contributed by atoms with E-state index >= 15 is 0 Å². The lowest BCUT2D eigenvalue weighted by molar-refractivity contribution is -0.129. The largest absolute Gasteiger partial charge is 0.381 e. The molecule has 0 fully saturated rings. The monoisotopic (exact) mass is 317 g/mol. The molecule has 0 unspecified atom stereocenters. The van der Waals surface area contributed by atoms with Gasteiger partial charge in [0.15, 0.2) is 0 Å². The van der Waals surface area contributed by atoms with Gasteiger partial charge in [0.25, 0.3) is 0 Å². The van der Waals surface area contributed by atoms with Crippen molar-refractivity contribution < 1.29 is 14.3 Å². The number of amides is 2. The highest BCUT2D eigenvalue weighted by Gasteiger charge is 2.09. The summed E-state index contributed by atoms with van der Waals surface area (Å²) in [5, 5.41) is 1.01. The van der Waals surface area contributed by atoms with Crippen LogP contribution in [0.4, 0.5) is 0 Å². The van der Waals surface area contributed by atoms with Crippen molar-refractivity contribution in [1.29, 1.82) is 0 Å². The highest BCUT2D eigenvalue weighted by atomic mass is 16.5. The van der Waals surface area contributed by atoms with Crippen LogP contribution in [0, 0.1) is 5.92 Å². The van der Waals surface area contributed by atoms with Gasteiger partial charge >= 0.3 is 0 Å². The summed E-state index contributed by atoms with van der Waals surface area (Å²) in [6.07, 6.45) is 2.24. The van der Waals surface area contributed by atoms with E-state index < -0.39 is 0 Å². The molecular formula is C17H23N3O3. The Labute approximate surface area is 135 Å². The van der Waals surface area contributed by atoms with Gasteiger partial charge in [0.05, 0.1) is 19.4 Å². The number of carbonyl (C=O) groups is 2. The molecule has 1 aromatic carbocycles. The Morgan fingerprint density at radius 1 is 1.17 bits per heavy atom. The molecule has 3 N–H and O–H groups in total. The number of fused-ring (bicyclic) bond motifs is 1. The highest BCUT2D eigenvalue weighted by molar-refractivity contribution is 5.89. The van der Waals surface area contributed by atoms with E-state index in [0.29, 0.717) is 19.1 Å². The molecule has 0 aliphatic rings. The number of rotatable bonds is 7. The summed E-state index contributed by atoms with van der Waals surface area (Å²) in [5.41, 5.74) is 6.71. The first-order valence-corrected chi connectivity index (χ1v) is 7.76. The Morgan fingerprint density at radius 2 is 1.91 bits per heavy atom. The van der Waals surface area contributed by atoms with Crippen LogP contribution >= 0.6 is 0 Å². The lowest BCUT2D eigenvalue weighted by Crippen LogP contribution is -2.42. The van der Waals surface area contributed by atoms with Crippen LogP contribution in [0.15, 0.2) is 30.5 Å². The number of aromatic amines is 1. The average molecular weight is 317 g/mol. The summed E-state index contributed by atoms with van der Waals surface area (Å²) >= 11 is 0. The van der Waals surface area contributed by atoms with Gasteiger partial charge < -0.3 is 9.72 Å². The van der Waals surface area contributed by atoms with Crippen LogP contribution in [-0.2, 0) is 20.7 Å². The van der Waals surface area contributed by atoms with E-state index in [1.807, 2.05) is 44.3 Å². The predicted molar refractivity (Wildman–Crippen MR) is 88.6 cm³/mol. The second kappa shape index (κ2) is 8.33. The van der Waals surface area contributed by atoms with Crippen molar-refractivity contribution >= 4 is 22.7 Å². The summed E-state index contributed by atoms with van der Waals surface area (Å²) in [5.74, 6) is -0.0822. The molecule has 1 aromatic heterocycles. The van der Waals surface area contributed by atoms with Gasteiger partial charge in [-0.25, -0.2) is 0 Å². The Hall–Kier alpha value is -2.34. The number of hydrogen-bond acceptors (Lipinski definition) is 3. The quantitative estimate of drug-likeness (QED) is 0.539. The van der Waals surface area contributed by atoms with Crippen molar-refractivity contribution in [2.75, 3.05) is 13.2 Å². The summed E-state index contributed by atoms with van der Waals surface area (Å²) < 4.78 is 5.33. The minimum Gasteiger partial charge on any atom is -0.381 e. The first kappa shape index (κ1) is 17.0. The molecule has 0 aliphatic carbocycles. The topological polar surface area (TPSA) is 83.2 Å². The SMILES string of the molecule is CC(C)COCCC(=O)NNC(=O)Cc1c[nH]c2ccccc12. The van der Waals surface area contributed by atoms with Gasteiger partial charge in [0.1, 0.15) is 0 Å². The summed E-state index contributed by atoms with van der Waals surface area (Å²) in [6.45, 7) is 5.07. The first-order valence-electron chi connectivity index (χ1n) is 7.76. The molecule has 2 aromatic rings. The van der Waals surface area contributed by atoms with E-state index in [0.717, 1.165) is 16.5 Å². The molecule has 0 radical (unpaired) electrons. The number of nitrogens with one attached hydrogen (secondary N) is 3. The van der Waals surface area contributed by atoms with Crippen molar-refractivity contribution in [2.24, 2.45) is 5.92 Å². The molecule has 23 heavy (non-hydrogen) atoms. The van der Waals surface area contributed by atoms with Crippen LogP contribution in [0.3, 0.4) is 0 Å². The van der Waals surface area contributed by atoms with Crippen molar-refractivity contribution in [3.63, 3.8) is 0 Å². The zero-order valence-corrected chi connectivity index (χ0v) is 13.5. The molecule has 0 saturated carbocycles. The van der Waals surface area contributed by atoms with E-state index in [4.69, 9.17) is 4.74 Å². The Bertz CT molecular complexity index is 664. The van der Waals surface area contributed by atoms with Crippen LogP contribution in [0.25, 0.3) is 10.9 Å². The van der Waals surface area contributed by atoms with Crippen LogP contribution in [0.5, 0.6) is 0 Å². The number of hydrogen-bond donors (Lipinski definition) is 3. The number of aromatic nitrogens is 1.